The monoisotopic (exact) mass is 390 g/mol. The minimum atomic E-state index is -1.53. The number of hydrogen-bond donors (Lipinski definition) is 4. The molecule has 0 aromatic heterocycles. The highest BCUT2D eigenvalue weighted by Gasteiger charge is 2.48. The van der Waals surface area contributed by atoms with Crippen molar-refractivity contribution in [3.05, 3.63) is 65.7 Å². The van der Waals surface area contributed by atoms with Gasteiger partial charge >= 0.3 is 5.97 Å². The zero-order valence-corrected chi connectivity index (χ0v) is 14.9. The highest BCUT2D eigenvalue weighted by molar-refractivity contribution is 5.89. The maximum Gasteiger partial charge on any atom is 0.338 e. The van der Waals surface area contributed by atoms with E-state index in [1.165, 1.54) is 12.1 Å². The van der Waals surface area contributed by atoms with E-state index in [4.69, 9.17) is 14.2 Å². The molecule has 2 aromatic carbocycles. The number of para-hydroxylation sites is 1. The van der Waals surface area contributed by atoms with Crippen LogP contribution in [0.1, 0.15) is 15.9 Å². The predicted octanol–water partition coefficient (Wildman–Crippen LogP) is 0.222. The lowest BCUT2D eigenvalue weighted by molar-refractivity contribution is -0.277. The smallest absolute Gasteiger partial charge is 0.338 e. The van der Waals surface area contributed by atoms with Gasteiger partial charge in [-0.15, -0.1) is 0 Å². The Morgan fingerprint density at radius 1 is 0.964 bits per heavy atom. The Morgan fingerprint density at radius 3 is 2.32 bits per heavy atom. The second-order valence-corrected chi connectivity index (χ2v) is 6.33. The van der Waals surface area contributed by atoms with Crippen molar-refractivity contribution in [3.63, 3.8) is 0 Å². The minimum Gasteiger partial charge on any atom is -0.462 e. The summed E-state index contributed by atoms with van der Waals surface area (Å²) >= 11 is 0. The Labute approximate surface area is 161 Å². The van der Waals surface area contributed by atoms with Crippen LogP contribution in [0.5, 0.6) is 5.75 Å². The number of esters is 1. The molecule has 0 amide bonds. The van der Waals surface area contributed by atoms with Gasteiger partial charge in [-0.05, 0) is 18.2 Å². The normalized spacial score (nSPS) is 27.2. The molecule has 1 fully saturated rings. The summed E-state index contributed by atoms with van der Waals surface area (Å²) in [4.78, 5) is 12.3. The largest absolute Gasteiger partial charge is 0.462 e. The number of rotatable bonds is 6. The third kappa shape index (κ3) is 4.32. The van der Waals surface area contributed by atoms with Crippen molar-refractivity contribution in [1.29, 1.82) is 0 Å². The Balaban J connectivity index is 1.80. The Bertz CT molecular complexity index is 781. The maximum absolute atomic E-state index is 12.3. The van der Waals surface area contributed by atoms with Crippen LogP contribution in [0.15, 0.2) is 54.6 Å². The van der Waals surface area contributed by atoms with Crippen LogP contribution in [-0.4, -0.2) is 63.7 Å². The summed E-state index contributed by atoms with van der Waals surface area (Å²) in [6, 6.07) is 14.7. The van der Waals surface area contributed by atoms with Gasteiger partial charge < -0.3 is 34.6 Å². The summed E-state index contributed by atoms with van der Waals surface area (Å²) in [5.74, 6) is -0.480. The third-order valence-corrected chi connectivity index (χ3v) is 4.46. The van der Waals surface area contributed by atoms with Crippen molar-refractivity contribution in [2.24, 2.45) is 0 Å². The van der Waals surface area contributed by atoms with Crippen molar-refractivity contribution in [1.82, 2.24) is 0 Å². The Hall–Kier alpha value is -2.49. The first kappa shape index (κ1) is 20.2. The molecule has 0 bridgehead atoms. The SMILES string of the molecule is O=C(O[C@@H]1[C@@H](O)[C@H](Oc2ccccc2CO)O[C@H](CO)[C@H]1O)c1ccccc1. The maximum atomic E-state index is 12.3. The zero-order valence-electron chi connectivity index (χ0n) is 14.9. The number of hydrogen-bond acceptors (Lipinski definition) is 8. The van der Waals surface area contributed by atoms with Gasteiger partial charge in [0.05, 0.1) is 18.8 Å². The molecule has 0 saturated carbocycles. The standard InChI is InChI=1S/C20H22O8/c21-10-13-8-4-5-9-14(13)26-20-17(24)18(16(23)15(11-22)27-20)28-19(25)12-6-2-1-3-7-12/h1-9,15-18,20-24H,10-11H2/t15-,16-,17-,18+,20-/m1/s1. The van der Waals surface area contributed by atoms with Gasteiger partial charge in [-0.2, -0.15) is 0 Å². The number of benzene rings is 2. The summed E-state index contributed by atoms with van der Waals surface area (Å²) in [6.07, 6.45) is -6.84. The Morgan fingerprint density at radius 2 is 1.64 bits per heavy atom. The summed E-state index contributed by atoms with van der Waals surface area (Å²) in [5.41, 5.74) is 0.708. The number of ether oxygens (including phenoxy) is 3. The molecule has 150 valence electrons. The van der Waals surface area contributed by atoms with E-state index in [1.54, 1.807) is 42.5 Å². The third-order valence-electron chi connectivity index (χ3n) is 4.46. The fourth-order valence-corrected chi connectivity index (χ4v) is 2.93. The molecule has 5 atom stereocenters. The molecule has 1 aliphatic rings. The molecule has 0 spiro atoms. The molecule has 1 aliphatic heterocycles. The average molecular weight is 390 g/mol. The fourth-order valence-electron chi connectivity index (χ4n) is 2.93. The van der Waals surface area contributed by atoms with Crippen molar-refractivity contribution in [2.45, 2.75) is 37.3 Å². The highest BCUT2D eigenvalue weighted by Crippen LogP contribution is 2.28. The van der Waals surface area contributed by atoms with Crippen molar-refractivity contribution < 1.29 is 39.4 Å². The molecule has 8 heteroatoms. The van der Waals surface area contributed by atoms with Crippen LogP contribution in [0.2, 0.25) is 0 Å². The summed E-state index contributed by atoms with van der Waals surface area (Å²) in [5, 5.41) is 39.9. The quantitative estimate of drug-likeness (QED) is 0.516. The van der Waals surface area contributed by atoms with E-state index in [2.05, 4.69) is 0 Å². The van der Waals surface area contributed by atoms with Crippen molar-refractivity contribution in [2.75, 3.05) is 6.61 Å². The molecule has 0 aliphatic carbocycles. The van der Waals surface area contributed by atoms with E-state index >= 15 is 0 Å². The van der Waals surface area contributed by atoms with E-state index in [0.717, 1.165) is 0 Å². The van der Waals surface area contributed by atoms with Crippen LogP contribution in [0.3, 0.4) is 0 Å². The van der Waals surface area contributed by atoms with Crippen LogP contribution < -0.4 is 4.74 Å². The van der Waals surface area contributed by atoms with Gasteiger partial charge in [0, 0.05) is 5.56 Å². The van der Waals surface area contributed by atoms with Gasteiger partial charge in [-0.25, -0.2) is 4.79 Å². The van der Waals surface area contributed by atoms with Crippen molar-refractivity contribution >= 4 is 5.97 Å². The number of carbonyl (C=O) groups excluding carboxylic acids is 1. The van der Waals surface area contributed by atoms with Crippen LogP contribution in [0.4, 0.5) is 0 Å². The summed E-state index contributed by atoms with van der Waals surface area (Å²) in [6.45, 7) is -0.869. The van der Waals surface area contributed by atoms with Gasteiger partial charge in [-0.1, -0.05) is 36.4 Å². The predicted molar refractivity (Wildman–Crippen MR) is 96.4 cm³/mol. The fraction of sp³-hybridized carbons (Fsp3) is 0.350. The minimum absolute atomic E-state index is 0.247. The average Bonchev–Trinajstić information content (AvgIpc) is 2.74. The van der Waals surface area contributed by atoms with Gasteiger partial charge in [0.15, 0.2) is 12.2 Å². The van der Waals surface area contributed by atoms with E-state index in [9.17, 15) is 25.2 Å². The lowest BCUT2D eigenvalue weighted by Gasteiger charge is -2.41. The van der Waals surface area contributed by atoms with E-state index < -0.39 is 43.3 Å². The molecule has 4 N–H and O–H groups in total. The molecular weight excluding hydrogens is 368 g/mol. The van der Waals surface area contributed by atoms with Crippen LogP contribution >= 0.6 is 0 Å². The van der Waals surface area contributed by atoms with Crippen LogP contribution in [0.25, 0.3) is 0 Å². The molecule has 28 heavy (non-hydrogen) atoms. The molecule has 3 rings (SSSR count). The molecule has 2 aromatic rings. The first-order chi connectivity index (χ1) is 13.5. The Kier molecular flexibility index (Phi) is 6.61. The van der Waals surface area contributed by atoms with Gasteiger partial charge in [0.1, 0.15) is 18.0 Å². The molecule has 1 heterocycles. The van der Waals surface area contributed by atoms with E-state index in [-0.39, 0.29) is 17.9 Å². The summed E-state index contributed by atoms with van der Waals surface area (Å²) < 4.78 is 16.4. The van der Waals surface area contributed by atoms with Gasteiger partial charge in [-0.3, -0.25) is 0 Å². The first-order valence-corrected chi connectivity index (χ1v) is 8.79. The van der Waals surface area contributed by atoms with E-state index in [0.29, 0.717) is 5.56 Å². The molecule has 0 radical (unpaired) electrons. The number of aliphatic hydroxyl groups is 4. The molecule has 1 saturated heterocycles. The zero-order chi connectivity index (χ0) is 20.1. The van der Waals surface area contributed by atoms with Crippen LogP contribution in [0, 0.1) is 0 Å². The molecule has 0 unspecified atom stereocenters. The highest BCUT2D eigenvalue weighted by atomic mass is 16.7. The van der Waals surface area contributed by atoms with Gasteiger partial charge in [0.2, 0.25) is 6.29 Å². The first-order valence-electron chi connectivity index (χ1n) is 8.79. The molecular formula is C20H22O8. The topological polar surface area (TPSA) is 126 Å². The number of carbonyl (C=O) groups is 1. The summed E-state index contributed by atoms with van der Waals surface area (Å²) in [7, 11) is 0. The lowest BCUT2D eigenvalue weighted by atomic mass is 9.98. The second-order valence-electron chi connectivity index (χ2n) is 6.33. The lowest BCUT2D eigenvalue weighted by Crippen LogP contribution is -2.61. The van der Waals surface area contributed by atoms with Gasteiger partial charge in [0.25, 0.3) is 0 Å². The number of aliphatic hydroxyl groups excluding tert-OH is 4. The molecule has 8 nitrogen and oxygen atoms in total. The van der Waals surface area contributed by atoms with Crippen LogP contribution in [-0.2, 0) is 16.1 Å². The van der Waals surface area contributed by atoms with E-state index in [1.807, 2.05) is 0 Å². The second kappa shape index (κ2) is 9.13. The van der Waals surface area contributed by atoms with Crippen molar-refractivity contribution in [3.8, 4) is 5.75 Å².